The van der Waals surface area contributed by atoms with Crippen LogP contribution in [-0.2, 0) is 20.8 Å². The third-order valence-electron chi connectivity index (χ3n) is 6.78. The number of hydrogen-bond acceptors (Lipinski definition) is 5. The predicted octanol–water partition coefficient (Wildman–Crippen LogP) is 3.56. The lowest BCUT2D eigenvalue weighted by Crippen LogP contribution is -2.57. The summed E-state index contributed by atoms with van der Waals surface area (Å²) in [6, 6.07) is 18.6. The van der Waals surface area contributed by atoms with Gasteiger partial charge < -0.3 is 5.11 Å². The summed E-state index contributed by atoms with van der Waals surface area (Å²) in [5.41, 5.74) is 0.707. The number of hydrogen-bond donors (Lipinski definition) is 2. The highest BCUT2D eigenvalue weighted by molar-refractivity contribution is 6.32. The fourth-order valence-corrected chi connectivity index (χ4v) is 5.32. The standard InChI is InChI=1S/C26H22ClN3O4/c1-15-10-11-17(13-18(15)27)30-23(31)20-21(24(30)32)26(25(33)34,14-16-7-3-2-4-8-16)29-22(20)19-9-5-6-12-28-19/h2-13,20-22,29H,14H2,1H3,(H,33,34). The van der Waals surface area contributed by atoms with Gasteiger partial charge in [-0.05, 0) is 42.3 Å². The Balaban J connectivity index is 1.66. The summed E-state index contributed by atoms with van der Waals surface area (Å²) in [6.45, 7) is 1.82. The van der Waals surface area contributed by atoms with Gasteiger partial charge in [-0.3, -0.25) is 24.7 Å². The molecule has 3 heterocycles. The number of carbonyl (C=O) groups is 3. The number of rotatable bonds is 5. The van der Waals surface area contributed by atoms with E-state index in [2.05, 4.69) is 10.3 Å². The average molecular weight is 476 g/mol. The molecule has 2 saturated heterocycles. The summed E-state index contributed by atoms with van der Waals surface area (Å²) >= 11 is 6.28. The summed E-state index contributed by atoms with van der Waals surface area (Å²) in [6.07, 6.45) is 1.62. The molecule has 2 aliphatic rings. The molecule has 0 radical (unpaired) electrons. The van der Waals surface area contributed by atoms with Crippen LogP contribution in [0.2, 0.25) is 5.02 Å². The van der Waals surface area contributed by atoms with Crippen molar-refractivity contribution in [3.63, 3.8) is 0 Å². The number of halogens is 1. The Hall–Kier alpha value is -3.55. The molecule has 2 aromatic carbocycles. The second-order valence-electron chi connectivity index (χ2n) is 8.76. The number of aryl methyl sites for hydroxylation is 1. The van der Waals surface area contributed by atoms with Crippen LogP contribution in [0.3, 0.4) is 0 Å². The zero-order valence-corrected chi connectivity index (χ0v) is 19.1. The van der Waals surface area contributed by atoms with Crippen LogP contribution in [0, 0.1) is 18.8 Å². The summed E-state index contributed by atoms with van der Waals surface area (Å²) in [4.78, 5) is 45.9. The normalized spacial score (nSPS) is 26.1. The van der Waals surface area contributed by atoms with Gasteiger partial charge in [0.1, 0.15) is 5.54 Å². The smallest absolute Gasteiger partial charge is 0.325 e. The van der Waals surface area contributed by atoms with Gasteiger partial charge in [-0.1, -0.05) is 54.1 Å². The number of carboxylic acid groups (broad SMARTS) is 1. The molecule has 4 unspecified atom stereocenters. The van der Waals surface area contributed by atoms with Crippen LogP contribution in [0.4, 0.5) is 5.69 Å². The second-order valence-corrected chi connectivity index (χ2v) is 9.17. The van der Waals surface area contributed by atoms with E-state index in [0.717, 1.165) is 16.0 Å². The Bertz CT molecular complexity index is 1280. The van der Waals surface area contributed by atoms with E-state index in [1.807, 2.05) is 37.3 Å². The first kappa shape index (κ1) is 22.3. The van der Waals surface area contributed by atoms with Gasteiger partial charge in [-0.15, -0.1) is 0 Å². The van der Waals surface area contributed by atoms with Gasteiger partial charge in [-0.2, -0.15) is 0 Å². The first-order valence-corrected chi connectivity index (χ1v) is 11.3. The second kappa shape index (κ2) is 8.34. The number of carboxylic acids is 1. The summed E-state index contributed by atoms with van der Waals surface area (Å²) in [5, 5.41) is 14.1. The van der Waals surface area contributed by atoms with Gasteiger partial charge >= 0.3 is 5.97 Å². The molecule has 5 rings (SSSR count). The molecule has 2 amide bonds. The van der Waals surface area contributed by atoms with Gasteiger partial charge in [0.05, 0.1) is 29.3 Å². The maximum Gasteiger partial charge on any atom is 0.325 e. The molecule has 1 aromatic heterocycles. The maximum atomic E-state index is 13.8. The van der Waals surface area contributed by atoms with Crippen LogP contribution in [0.15, 0.2) is 72.9 Å². The summed E-state index contributed by atoms with van der Waals surface area (Å²) < 4.78 is 0. The molecule has 3 aromatic rings. The Morgan fingerprint density at radius 1 is 1.09 bits per heavy atom. The number of carbonyl (C=O) groups excluding carboxylic acids is 2. The molecule has 0 aliphatic carbocycles. The monoisotopic (exact) mass is 475 g/mol. The molecule has 172 valence electrons. The van der Waals surface area contributed by atoms with Crippen molar-refractivity contribution in [2.24, 2.45) is 11.8 Å². The van der Waals surface area contributed by atoms with Crippen molar-refractivity contribution in [3.05, 3.63) is 94.8 Å². The molecule has 2 N–H and O–H groups in total. The minimum Gasteiger partial charge on any atom is -0.480 e. The maximum absolute atomic E-state index is 13.8. The van der Waals surface area contributed by atoms with Crippen molar-refractivity contribution in [2.75, 3.05) is 4.90 Å². The number of amides is 2. The Morgan fingerprint density at radius 3 is 2.47 bits per heavy atom. The lowest BCUT2D eigenvalue weighted by molar-refractivity contribution is -0.148. The van der Waals surface area contributed by atoms with Crippen LogP contribution in [0.25, 0.3) is 0 Å². The molecular formula is C26H22ClN3O4. The largest absolute Gasteiger partial charge is 0.480 e. The van der Waals surface area contributed by atoms with Crippen molar-refractivity contribution in [2.45, 2.75) is 24.9 Å². The van der Waals surface area contributed by atoms with E-state index in [1.165, 1.54) is 0 Å². The number of fused-ring (bicyclic) bond motifs is 1. The van der Waals surface area contributed by atoms with Crippen LogP contribution >= 0.6 is 11.6 Å². The fraction of sp³-hybridized carbons (Fsp3) is 0.231. The average Bonchev–Trinajstić information content (AvgIpc) is 3.31. The van der Waals surface area contributed by atoms with Gasteiger partial charge in [0.15, 0.2) is 0 Å². The molecule has 8 heteroatoms. The Kier molecular flexibility index (Phi) is 5.46. The third-order valence-corrected chi connectivity index (χ3v) is 7.19. The Morgan fingerprint density at radius 2 is 1.82 bits per heavy atom. The zero-order chi connectivity index (χ0) is 24.0. The Labute approximate surface area is 201 Å². The first-order valence-electron chi connectivity index (χ1n) is 10.9. The van der Waals surface area contributed by atoms with Crippen molar-refractivity contribution in [1.82, 2.24) is 10.3 Å². The number of imide groups is 1. The SMILES string of the molecule is Cc1ccc(N2C(=O)C3C(c4ccccn4)NC(Cc4ccccc4)(C(=O)O)C3C2=O)cc1Cl. The van der Waals surface area contributed by atoms with Crippen LogP contribution in [-0.4, -0.2) is 33.4 Å². The molecule has 34 heavy (non-hydrogen) atoms. The van der Waals surface area contributed by atoms with E-state index >= 15 is 0 Å². The highest BCUT2D eigenvalue weighted by Gasteiger charge is 2.68. The summed E-state index contributed by atoms with van der Waals surface area (Å²) in [7, 11) is 0. The highest BCUT2D eigenvalue weighted by Crippen LogP contribution is 2.50. The molecule has 7 nitrogen and oxygen atoms in total. The molecule has 2 aliphatic heterocycles. The number of nitrogens with zero attached hydrogens (tertiary/aromatic N) is 2. The van der Waals surface area contributed by atoms with Crippen molar-refractivity contribution >= 4 is 35.1 Å². The van der Waals surface area contributed by atoms with Crippen molar-refractivity contribution in [1.29, 1.82) is 0 Å². The molecule has 0 spiro atoms. The third kappa shape index (κ3) is 3.40. The van der Waals surface area contributed by atoms with E-state index < -0.39 is 41.2 Å². The molecule has 2 fully saturated rings. The number of anilines is 1. The minimum absolute atomic E-state index is 0.0369. The van der Waals surface area contributed by atoms with E-state index in [0.29, 0.717) is 16.4 Å². The quantitative estimate of drug-likeness (QED) is 0.547. The number of aromatic nitrogens is 1. The molecule has 0 saturated carbocycles. The fourth-order valence-electron chi connectivity index (χ4n) is 5.14. The van der Waals surface area contributed by atoms with Crippen molar-refractivity contribution in [3.8, 4) is 0 Å². The topological polar surface area (TPSA) is 99.6 Å². The van der Waals surface area contributed by atoms with Crippen molar-refractivity contribution < 1.29 is 19.5 Å². The van der Waals surface area contributed by atoms with Crippen LogP contribution < -0.4 is 10.2 Å². The van der Waals surface area contributed by atoms with Crippen LogP contribution in [0.5, 0.6) is 0 Å². The lowest BCUT2D eigenvalue weighted by Gasteiger charge is -2.31. The number of nitrogens with one attached hydrogen (secondary N) is 1. The minimum atomic E-state index is -1.69. The van der Waals surface area contributed by atoms with E-state index in [4.69, 9.17) is 11.6 Å². The number of aliphatic carboxylic acids is 1. The molecule has 0 bridgehead atoms. The first-order chi connectivity index (χ1) is 16.3. The zero-order valence-electron chi connectivity index (χ0n) is 18.3. The van der Waals surface area contributed by atoms with Gasteiger partial charge in [0, 0.05) is 17.6 Å². The number of benzene rings is 2. The van der Waals surface area contributed by atoms with E-state index in [-0.39, 0.29) is 6.42 Å². The van der Waals surface area contributed by atoms with Gasteiger partial charge in [0.25, 0.3) is 0 Å². The highest BCUT2D eigenvalue weighted by atomic mass is 35.5. The summed E-state index contributed by atoms with van der Waals surface area (Å²) in [5.74, 6) is -4.25. The van der Waals surface area contributed by atoms with Gasteiger partial charge in [0.2, 0.25) is 11.8 Å². The molecule has 4 atom stereocenters. The van der Waals surface area contributed by atoms with E-state index in [1.54, 1.807) is 42.6 Å². The van der Waals surface area contributed by atoms with E-state index in [9.17, 15) is 19.5 Å². The predicted molar refractivity (Wildman–Crippen MR) is 126 cm³/mol. The lowest BCUT2D eigenvalue weighted by atomic mass is 9.76. The van der Waals surface area contributed by atoms with Crippen LogP contribution in [0.1, 0.15) is 22.9 Å². The molecular weight excluding hydrogens is 454 g/mol. The number of pyridine rings is 1. The van der Waals surface area contributed by atoms with Gasteiger partial charge in [-0.25, -0.2) is 4.90 Å².